The van der Waals surface area contributed by atoms with Crippen molar-refractivity contribution in [3.63, 3.8) is 0 Å². The molecule has 74 heavy (non-hydrogen) atoms. The molecule has 2 aromatic heterocycles. The molecule has 416 valence electrons. The van der Waals surface area contributed by atoms with Gasteiger partial charge in [0, 0.05) is 88.2 Å². The lowest BCUT2D eigenvalue weighted by atomic mass is 10.0. The van der Waals surface area contributed by atoms with E-state index in [1.165, 1.54) is 22.3 Å². The van der Waals surface area contributed by atoms with Gasteiger partial charge in [-0.05, 0) is 172 Å². The largest absolute Gasteiger partial charge is 0.376 e. The third-order valence-electron chi connectivity index (χ3n) is 14.7. The van der Waals surface area contributed by atoms with Gasteiger partial charge in [-0.1, -0.05) is 104 Å². The molecular formula is C60H98I2N8O4. The van der Waals surface area contributed by atoms with Crippen LogP contribution in [0, 0.1) is 31.3 Å². The Morgan fingerprint density at radius 2 is 0.730 bits per heavy atom. The van der Waals surface area contributed by atoms with E-state index in [9.17, 15) is 0 Å². The standard InChI is InChI=1S/C60H98I2N8O4/c1-43(2)27-53-39-71-47(9)33-65(11)56(30-46(7)8)42-74-58(32-50-17-21-52(22-18-50)36-70-26-24-64-60(70)62)38-68(14)54(28-44(3)4)40-72-48(10)34-66(12)55(29-45(5)6)41-73-57(37-67(53)13)31-49-15-19-51(20-16-49)35-69-25-23-63-59(69)61/h15-26,43-48,53-58H,27-42H2,1-14H3/t47-,48-,53+,54+,55+,56+,57-,58-/m1/s1. The van der Waals surface area contributed by atoms with Crippen molar-refractivity contribution in [2.45, 2.75) is 169 Å². The van der Waals surface area contributed by atoms with Gasteiger partial charge in [-0.15, -0.1) is 0 Å². The Hall–Kier alpha value is -2.00. The predicted octanol–water partition coefficient (Wildman–Crippen LogP) is 11.2. The quantitative estimate of drug-likeness (QED) is 0.101. The molecule has 0 aliphatic carbocycles. The number of nitrogens with zero attached hydrogens (tertiary/aromatic N) is 8. The van der Waals surface area contributed by atoms with E-state index in [1.807, 2.05) is 24.8 Å². The SMILES string of the molecule is CC(C)C[C@H]1CO[C@H](C)CN(C)[C@@H](CC(C)C)CO[C@H](Cc2ccc(Cn3ccnc3I)cc2)CN(C)[C@@H](CC(C)C)CO[C@H](C)CN(C)[C@@H](CC(C)C)CO[C@H](Cc2ccc(Cn3ccnc3I)cc2)CN1C. The highest BCUT2D eigenvalue weighted by molar-refractivity contribution is 14.1. The van der Waals surface area contributed by atoms with E-state index in [1.54, 1.807) is 0 Å². The molecule has 2 aromatic carbocycles. The molecule has 0 spiro atoms. The molecule has 0 unspecified atom stereocenters. The van der Waals surface area contributed by atoms with Crippen molar-refractivity contribution >= 4 is 45.2 Å². The van der Waals surface area contributed by atoms with E-state index in [0.717, 1.165) is 85.5 Å². The number of halogens is 2. The van der Waals surface area contributed by atoms with Gasteiger partial charge in [0.15, 0.2) is 7.66 Å². The predicted molar refractivity (Wildman–Crippen MR) is 322 cm³/mol. The molecule has 1 aliphatic rings. The fourth-order valence-corrected chi connectivity index (χ4v) is 11.6. The molecule has 12 nitrogen and oxygen atoms in total. The van der Waals surface area contributed by atoms with Gasteiger partial charge >= 0.3 is 0 Å². The van der Waals surface area contributed by atoms with Crippen LogP contribution >= 0.6 is 45.2 Å². The third kappa shape index (κ3) is 22.4. The van der Waals surface area contributed by atoms with Gasteiger partial charge in [0.05, 0.1) is 50.8 Å². The number of imidazole rings is 2. The van der Waals surface area contributed by atoms with Crippen LogP contribution < -0.4 is 0 Å². The van der Waals surface area contributed by atoms with E-state index in [2.05, 4.69) is 230 Å². The highest BCUT2D eigenvalue weighted by atomic mass is 127. The van der Waals surface area contributed by atoms with Gasteiger partial charge in [0.1, 0.15) is 0 Å². The number of aromatic nitrogens is 4. The van der Waals surface area contributed by atoms with Gasteiger partial charge in [0.25, 0.3) is 0 Å². The van der Waals surface area contributed by atoms with Gasteiger partial charge in [-0.2, -0.15) is 0 Å². The highest BCUT2D eigenvalue weighted by Crippen LogP contribution is 2.23. The Labute approximate surface area is 476 Å². The fourth-order valence-electron chi connectivity index (χ4n) is 10.6. The monoisotopic (exact) mass is 1250 g/mol. The molecule has 0 amide bonds. The topological polar surface area (TPSA) is 85.5 Å². The molecule has 3 heterocycles. The second-order valence-corrected chi connectivity index (χ2v) is 25.7. The Bertz CT molecular complexity index is 1970. The first-order valence-corrected chi connectivity index (χ1v) is 30.1. The minimum atomic E-state index is 0.00480. The number of rotatable bonds is 16. The van der Waals surface area contributed by atoms with Crippen LogP contribution in [0.2, 0.25) is 0 Å². The minimum absolute atomic E-state index is 0.00480. The van der Waals surface area contributed by atoms with E-state index in [4.69, 9.17) is 18.9 Å². The molecule has 4 aromatic rings. The summed E-state index contributed by atoms with van der Waals surface area (Å²) in [6.07, 6.45) is 13.8. The molecule has 0 saturated carbocycles. The van der Waals surface area contributed by atoms with Gasteiger partial charge in [-0.25, -0.2) is 9.97 Å². The summed E-state index contributed by atoms with van der Waals surface area (Å²) in [6, 6.07) is 19.3. The maximum absolute atomic E-state index is 7.19. The molecule has 5 rings (SSSR count). The van der Waals surface area contributed by atoms with Crippen molar-refractivity contribution < 1.29 is 18.9 Å². The molecule has 0 bridgehead atoms. The molecule has 8 atom stereocenters. The second-order valence-electron chi connectivity index (χ2n) is 23.8. The second kappa shape index (κ2) is 32.2. The first-order chi connectivity index (χ1) is 35.2. The summed E-state index contributed by atoms with van der Waals surface area (Å²) in [5.41, 5.74) is 5.12. The number of likely N-dealkylation sites (N-methyl/N-ethyl adjacent to an activating group) is 4. The Morgan fingerprint density at radius 1 is 0.446 bits per heavy atom. The number of ether oxygens (including phenoxy) is 4. The van der Waals surface area contributed by atoms with Gasteiger partial charge < -0.3 is 28.1 Å². The van der Waals surface area contributed by atoms with Crippen LogP contribution in [0.4, 0.5) is 0 Å². The molecule has 1 saturated heterocycles. The van der Waals surface area contributed by atoms with Crippen molar-refractivity contribution in [2.24, 2.45) is 23.7 Å². The zero-order valence-corrected chi connectivity index (χ0v) is 52.5. The maximum Gasteiger partial charge on any atom is 0.171 e. The fraction of sp³-hybridized carbons (Fsp3) is 0.700. The number of hydrogen-bond donors (Lipinski definition) is 0. The molecule has 1 aliphatic heterocycles. The summed E-state index contributed by atoms with van der Waals surface area (Å²) in [5, 5.41) is 0. The number of hydrogen-bond acceptors (Lipinski definition) is 10. The molecule has 14 heteroatoms. The van der Waals surface area contributed by atoms with Crippen LogP contribution in [0.15, 0.2) is 73.3 Å². The van der Waals surface area contributed by atoms with Crippen LogP contribution in [0.5, 0.6) is 0 Å². The maximum atomic E-state index is 7.19. The summed E-state index contributed by atoms with van der Waals surface area (Å²) in [5.74, 6) is 2.11. The van der Waals surface area contributed by atoms with E-state index in [-0.39, 0.29) is 48.6 Å². The van der Waals surface area contributed by atoms with Gasteiger partial charge in [-0.3, -0.25) is 19.6 Å². The average molecular weight is 1250 g/mol. The Morgan fingerprint density at radius 3 is 1.01 bits per heavy atom. The van der Waals surface area contributed by atoms with Crippen LogP contribution in [-0.2, 0) is 44.9 Å². The summed E-state index contributed by atoms with van der Waals surface area (Å²) < 4.78 is 34.5. The first-order valence-electron chi connectivity index (χ1n) is 28.0. The summed E-state index contributed by atoms with van der Waals surface area (Å²) in [6.45, 7) is 30.8. The highest BCUT2D eigenvalue weighted by Gasteiger charge is 2.29. The zero-order valence-electron chi connectivity index (χ0n) is 48.1. The van der Waals surface area contributed by atoms with Crippen molar-refractivity contribution in [3.8, 4) is 0 Å². The summed E-state index contributed by atoms with van der Waals surface area (Å²) in [7, 11) is 9.11. The smallest absolute Gasteiger partial charge is 0.171 e. The van der Waals surface area contributed by atoms with Crippen LogP contribution in [0.3, 0.4) is 0 Å². The molecule has 0 N–H and O–H groups in total. The van der Waals surface area contributed by atoms with E-state index in [0.29, 0.717) is 50.1 Å². The lowest BCUT2D eigenvalue weighted by Gasteiger charge is -2.37. The zero-order chi connectivity index (χ0) is 53.9. The van der Waals surface area contributed by atoms with Crippen molar-refractivity contribution in [1.29, 1.82) is 0 Å². The molecule has 0 radical (unpaired) electrons. The summed E-state index contributed by atoms with van der Waals surface area (Å²) in [4.78, 5) is 18.9. The van der Waals surface area contributed by atoms with E-state index < -0.39 is 0 Å². The van der Waals surface area contributed by atoms with Gasteiger partial charge in [0.2, 0.25) is 0 Å². The van der Waals surface area contributed by atoms with Crippen molar-refractivity contribution in [3.05, 3.63) is 103 Å². The van der Waals surface area contributed by atoms with E-state index >= 15 is 0 Å². The first kappa shape index (κ1) is 62.8. The number of benzene rings is 2. The van der Waals surface area contributed by atoms with Crippen LogP contribution in [-0.4, -0.2) is 168 Å². The lowest BCUT2D eigenvalue weighted by Crippen LogP contribution is -2.47. The Kier molecular flexibility index (Phi) is 27.3. The van der Waals surface area contributed by atoms with Crippen molar-refractivity contribution in [2.75, 3.05) is 80.8 Å². The summed E-state index contributed by atoms with van der Waals surface area (Å²) >= 11 is 4.61. The third-order valence-corrected chi connectivity index (χ3v) is 16.5. The van der Waals surface area contributed by atoms with Crippen molar-refractivity contribution in [1.82, 2.24) is 38.7 Å². The Balaban J connectivity index is 1.41. The molecular weight excluding hydrogens is 1150 g/mol. The normalized spacial score (nSPS) is 25.4. The average Bonchev–Trinajstić information content (AvgIpc) is 3.94. The molecule has 1 fully saturated rings. The minimum Gasteiger partial charge on any atom is -0.376 e. The van der Waals surface area contributed by atoms with Crippen LogP contribution in [0.25, 0.3) is 0 Å². The lowest BCUT2D eigenvalue weighted by molar-refractivity contribution is -0.0536. The van der Waals surface area contributed by atoms with Crippen LogP contribution in [0.1, 0.15) is 117 Å².